The maximum absolute atomic E-state index is 11.9. The van der Waals surface area contributed by atoms with Gasteiger partial charge in [-0.2, -0.15) is 13.2 Å². The van der Waals surface area contributed by atoms with E-state index in [1.807, 2.05) is 5.43 Å². The molecule has 1 aromatic rings. The maximum Gasteiger partial charge on any atom is 0.411 e. The van der Waals surface area contributed by atoms with Crippen LogP contribution in [0.5, 0.6) is 0 Å². The van der Waals surface area contributed by atoms with Gasteiger partial charge in [0.1, 0.15) is 6.61 Å². The van der Waals surface area contributed by atoms with Crippen LogP contribution in [0.3, 0.4) is 0 Å². The first kappa shape index (κ1) is 14.5. The Hall–Kier alpha value is -1.60. The first-order valence-electron chi connectivity index (χ1n) is 5.13. The van der Waals surface area contributed by atoms with E-state index in [1.54, 1.807) is 24.3 Å². The van der Waals surface area contributed by atoms with E-state index in [4.69, 9.17) is 5.84 Å². The average Bonchev–Trinajstić information content (AvgIpc) is 2.29. The molecule has 0 aromatic heterocycles. The van der Waals surface area contributed by atoms with E-state index in [0.29, 0.717) is 11.1 Å². The SMILES string of the molecule is NNC(=O)Cc1ccccc1COCC(F)(F)F. The van der Waals surface area contributed by atoms with Gasteiger partial charge in [-0.3, -0.25) is 10.2 Å². The minimum atomic E-state index is -4.36. The van der Waals surface area contributed by atoms with Gasteiger partial charge in [-0.15, -0.1) is 0 Å². The number of nitrogens with two attached hydrogens (primary N) is 1. The number of halogens is 3. The van der Waals surface area contributed by atoms with E-state index in [9.17, 15) is 18.0 Å². The van der Waals surface area contributed by atoms with Crippen molar-refractivity contribution in [3.05, 3.63) is 35.4 Å². The molecule has 1 aromatic carbocycles. The minimum Gasteiger partial charge on any atom is -0.367 e. The van der Waals surface area contributed by atoms with Crippen molar-refractivity contribution in [3.63, 3.8) is 0 Å². The summed E-state index contributed by atoms with van der Waals surface area (Å²) in [4.78, 5) is 11.1. The fourth-order valence-corrected chi connectivity index (χ4v) is 1.37. The molecule has 0 aliphatic heterocycles. The summed E-state index contributed by atoms with van der Waals surface area (Å²) in [7, 11) is 0. The Bertz CT molecular complexity index is 408. The van der Waals surface area contributed by atoms with E-state index in [0.717, 1.165) is 0 Å². The number of hydrazine groups is 1. The second kappa shape index (κ2) is 6.36. The van der Waals surface area contributed by atoms with Crippen LogP contribution < -0.4 is 11.3 Å². The summed E-state index contributed by atoms with van der Waals surface area (Å²) in [5.74, 6) is 4.53. The molecule has 0 spiro atoms. The summed E-state index contributed by atoms with van der Waals surface area (Å²) < 4.78 is 40.3. The second-order valence-electron chi connectivity index (χ2n) is 3.62. The van der Waals surface area contributed by atoms with Gasteiger partial charge >= 0.3 is 6.18 Å². The molecule has 1 rings (SSSR count). The molecule has 0 unspecified atom stereocenters. The number of amides is 1. The summed E-state index contributed by atoms with van der Waals surface area (Å²) in [6.07, 6.45) is -4.36. The summed E-state index contributed by atoms with van der Waals surface area (Å²) in [5, 5.41) is 0. The summed E-state index contributed by atoms with van der Waals surface area (Å²) in [6, 6.07) is 6.60. The highest BCUT2D eigenvalue weighted by molar-refractivity contribution is 5.78. The van der Waals surface area contributed by atoms with Crippen LogP contribution in [0.15, 0.2) is 24.3 Å². The molecule has 0 radical (unpaired) electrons. The molecule has 0 bridgehead atoms. The van der Waals surface area contributed by atoms with Crippen molar-refractivity contribution in [2.45, 2.75) is 19.2 Å². The highest BCUT2D eigenvalue weighted by atomic mass is 19.4. The smallest absolute Gasteiger partial charge is 0.367 e. The first-order valence-corrected chi connectivity index (χ1v) is 5.13. The third-order valence-electron chi connectivity index (χ3n) is 2.15. The number of rotatable bonds is 5. The Balaban J connectivity index is 2.62. The topological polar surface area (TPSA) is 64.3 Å². The summed E-state index contributed by atoms with van der Waals surface area (Å²) in [6.45, 7) is -1.52. The van der Waals surface area contributed by atoms with Crippen molar-refractivity contribution in [2.24, 2.45) is 5.84 Å². The van der Waals surface area contributed by atoms with Crippen LogP contribution in [-0.2, 0) is 22.6 Å². The average molecular weight is 262 g/mol. The molecule has 0 fully saturated rings. The first-order chi connectivity index (χ1) is 8.42. The number of carbonyl (C=O) groups is 1. The van der Waals surface area contributed by atoms with Gasteiger partial charge in [-0.25, -0.2) is 5.84 Å². The lowest BCUT2D eigenvalue weighted by molar-refractivity contribution is -0.176. The Kier molecular flexibility index (Phi) is 5.11. The van der Waals surface area contributed by atoms with E-state index in [1.165, 1.54) is 0 Å². The normalized spacial score (nSPS) is 11.3. The van der Waals surface area contributed by atoms with Gasteiger partial charge in [0, 0.05) is 0 Å². The van der Waals surface area contributed by atoms with Crippen LogP contribution in [-0.4, -0.2) is 18.7 Å². The molecule has 1 amide bonds. The van der Waals surface area contributed by atoms with Crippen molar-refractivity contribution in [1.29, 1.82) is 0 Å². The molecule has 7 heteroatoms. The third-order valence-corrected chi connectivity index (χ3v) is 2.15. The molecule has 18 heavy (non-hydrogen) atoms. The molecule has 4 nitrogen and oxygen atoms in total. The van der Waals surface area contributed by atoms with Crippen LogP contribution >= 0.6 is 0 Å². The van der Waals surface area contributed by atoms with Gasteiger partial charge in [0.15, 0.2) is 0 Å². The number of benzene rings is 1. The maximum atomic E-state index is 11.9. The van der Waals surface area contributed by atoms with Crippen LogP contribution in [0.1, 0.15) is 11.1 Å². The standard InChI is InChI=1S/C11H13F3N2O2/c12-11(13,14)7-18-6-9-4-2-1-3-8(9)5-10(17)16-15/h1-4H,5-7,15H2,(H,16,17). The molecule has 0 saturated heterocycles. The monoisotopic (exact) mass is 262 g/mol. The third kappa shape index (κ3) is 5.15. The Morgan fingerprint density at radius 1 is 1.28 bits per heavy atom. The van der Waals surface area contributed by atoms with E-state index < -0.39 is 18.7 Å². The van der Waals surface area contributed by atoms with Crippen molar-refractivity contribution in [3.8, 4) is 0 Å². The number of hydrogen-bond donors (Lipinski definition) is 2. The van der Waals surface area contributed by atoms with Gasteiger partial charge in [0.2, 0.25) is 5.91 Å². The zero-order chi connectivity index (χ0) is 13.6. The van der Waals surface area contributed by atoms with Crippen molar-refractivity contribution in [2.75, 3.05) is 6.61 Å². The molecule has 0 saturated carbocycles. The molecule has 3 N–H and O–H groups in total. The number of carbonyl (C=O) groups excluding carboxylic acids is 1. The summed E-state index contributed by atoms with van der Waals surface area (Å²) in [5.41, 5.74) is 3.08. The molecule has 100 valence electrons. The lowest BCUT2D eigenvalue weighted by Gasteiger charge is -2.11. The van der Waals surface area contributed by atoms with E-state index in [2.05, 4.69) is 4.74 Å². The van der Waals surface area contributed by atoms with Crippen molar-refractivity contribution >= 4 is 5.91 Å². The number of ether oxygens (including phenoxy) is 1. The van der Waals surface area contributed by atoms with Crippen LogP contribution in [0.2, 0.25) is 0 Å². The highest BCUT2D eigenvalue weighted by Gasteiger charge is 2.27. The van der Waals surface area contributed by atoms with Crippen LogP contribution in [0.25, 0.3) is 0 Å². The number of alkyl halides is 3. The van der Waals surface area contributed by atoms with Gasteiger partial charge in [-0.1, -0.05) is 24.3 Å². The molecule has 0 aliphatic rings. The van der Waals surface area contributed by atoms with Gasteiger partial charge in [-0.05, 0) is 11.1 Å². The highest BCUT2D eigenvalue weighted by Crippen LogP contribution is 2.17. The zero-order valence-electron chi connectivity index (χ0n) is 9.46. The number of nitrogens with one attached hydrogen (secondary N) is 1. The van der Waals surface area contributed by atoms with Crippen LogP contribution in [0, 0.1) is 0 Å². The lowest BCUT2D eigenvalue weighted by Crippen LogP contribution is -2.31. The molecule has 0 heterocycles. The zero-order valence-corrected chi connectivity index (χ0v) is 9.46. The second-order valence-corrected chi connectivity index (χ2v) is 3.62. The van der Waals surface area contributed by atoms with Gasteiger partial charge in [0.05, 0.1) is 13.0 Å². The van der Waals surface area contributed by atoms with Gasteiger partial charge in [0.25, 0.3) is 0 Å². The van der Waals surface area contributed by atoms with Gasteiger partial charge < -0.3 is 4.74 Å². The van der Waals surface area contributed by atoms with Crippen molar-refractivity contribution in [1.82, 2.24) is 5.43 Å². The number of hydrogen-bond acceptors (Lipinski definition) is 3. The lowest BCUT2D eigenvalue weighted by atomic mass is 10.1. The summed E-state index contributed by atoms with van der Waals surface area (Å²) >= 11 is 0. The Morgan fingerprint density at radius 2 is 1.89 bits per heavy atom. The molecule has 0 atom stereocenters. The quantitative estimate of drug-likeness (QED) is 0.477. The van der Waals surface area contributed by atoms with Crippen LogP contribution in [0.4, 0.5) is 13.2 Å². The fraction of sp³-hybridized carbons (Fsp3) is 0.364. The largest absolute Gasteiger partial charge is 0.411 e. The fourth-order valence-electron chi connectivity index (χ4n) is 1.37. The van der Waals surface area contributed by atoms with E-state index >= 15 is 0 Å². The Labute approximate surface area is 102 Å². The van der Waals surface area contributed by atoms with Crippen molar-refractivity contribution < 1.29 is 22.7 Å². The predicted molar refractivity (Wildman–Crippen MR) is 58.2 cm³/mol. The van der Waals surface area contributed by atoms with E-state index in [-0.39, 0.29) is 13.0 Å². The molecular formula is C11H13F3N2O2. The minimum absolute atomic E-state index is 0.00203. The predicted octanol–water partition coefficient (Wildman–Crippen LogP) is 1.30. The molecular weight excluding hydrogens is 249 g/mol. The molecule has 0 aliphatic carbocycles. The Morgan fingerprint density at radius 3 is 2.44 bits per heavy atom.